The number of nitrogens with one attached hydrogen (secondary N) is 1. The number of rotatable bonds is 7. The number of hydrogen-bond acceptors (Lipinski definition) is 3. The van der Waals surface area contributed by atoms with Gasteiger partial charge in [-0.25, -0.2) is 8.93 Å². The number of aryl methyl sites for hydroxylation is 1. The lowest BCUT2D eigenvalue weighted by Gasteiger charge is -2.26. The van der Waals surface area contributed by atoms with E-state index in [-0.39, 0.29) is 6.04 Å². The molecule has 0 aliphatic rings. The fourth-order valence-electron chi connectivity index (χ4n) is 2.47. The lowest BCUT2D eigenvalue weighted by atomic mass is 9.93. The Hall–Kier alpha value is -1.76. The minimum Gasteiger partial charge on any atom is -0.298 e. The van der Waals surface area contributed by atoms with Crippen LogP contribution in [-0.2, 0) is 22.8 Å². The van der Waals surface area contributed by atoms with Crippen LogP contribution in [0, 0.1) is 0 Å². The number of hydrogen-bond donors (Lipinski definition) is 1. The molecular weight excluding hydrogens is 370 g/mol. The van der Waals surface area contributed by atoms with Crippen molar-refractivity contribution in [2.75, 3.05) is 0 Å². The molecular formula is C19H24ClN3O2S. The largest absolute Gasteiger partial charge is 0.298 e. The smallest absolute Gasteiger partial charge is 0.145 e. The van der Waals surface area contributed by atoms with Crippen molar-refractivity contribution in [3.8, 4) is 11.1 Å². The second-order valence-electron chi connectivity index (χ2n) is 7.17. The fourth-order valence-corrected chi connectivity index (χ4v) is 3.47. The molecule has 0 saturated heterocycles. The summed E-state index contributed by atoms with van der Waals surface area (Å²) >= 11 is 6.21. The van der Waals surface area contributed by atoms with Gasteiger partial charge in [-0.15, -0.1) is 0 Å². The SMILES string of the molecule is C=C(C=O)CC(NS(=O)C(C)(C)C)c1ccc(Cl)cc1-c1cnn(C)c1. The summed E-state index contributed by atoms with van der Waals surface area (Å²) in [6.45, 7) is 9.47. The van der Waals surface area contributed by atoms with E-state index in [0.717, 1.165) is 23.0 Å². The van der Waals surface area contributed by atoms with Crippen molar-refractivity contribution in [1.29, 1.82) is 0 Å². The maximum Gasteiger partial charge on any atom is 0.145 e. The maximum atomic E-state index is 12.7. The Labute approximate surface area is 162 Å². The first-order valence-electron chi connectivity index (χ1n) is 8.21. The van der Waals surface area contributed by atoms with Gasteiger partial charge < -0.3 is 0 Å². The van der Waals surface area contributed by atoms with Gasteiger partial charge in [0.1, 0.15) is 6.29 Å². The Morgan fingerprint density at radius 1 is 1.46 bits per heavy atom. The van der Waals surface area contributed by atoms with Gasteiger partial charge in [0, 0.05) is 29.9 Å². The van der Waals surface area contributed by atoms with Crippen molar-refractivity contribution in [3.63, 3.8) is 0 Å². The number of carbonyl (C=O) groups is 1. The number of aldehydes is 1. The van der Waals surface area contributed by atoms with E-state index in [1.807, 2.05) is 46.1 Å². The summed E-state index contributed by atoms with van der Waals surface area (Å²) in [6.07, 6.45) is 4.72. The average Bonchev–Trinajstić information content (AvgIpc) is 2.99. The molecule has 0 amide bonds. The normalized spacial score (nSPS) is 14.0. The highest BCUT2D eigenvalue weighted by Crippen LogP contribution is 2.34. The lowest BCUT2D eigenvalue weighted by molar-refractivity contribution is -0.105. The van der Waals surface area contributed by atoms with Crippen molar-refractivity contribution < 1.29 is 9.00 Å². The quantitative estimate of drug-likeness (QED) is 0.571. The second-order valence-corrected chi connectivity index (χ2v) is 9.60. The number of benzene rings is 1. The fraction of sp³-hybridized carbons (Fsp3) is 0.368. The molecule has 1 aromatic heterocycles. The third-order valence-corrected chi connectivity index (χ3v) is 5.69. The number of halogens is 1. The van der Waals surface area contributed by atoms with Gasteiger partial charge in [-0.2, -0.15) is 5.10 Å². The molecule has 1 heterocycles. The lowest BCUT2D eigenvalue weighted by Crippen LogP contribution is -2.36. The molecule has 0 bridgehead atoms. The van der Waals surface area contributed by atoms with E-state index in [1.54, 1.807) is 16.9 Å². The summed E-state index contributed by atoms with van der Waals surface area (Å²) in [5, 5.41) is 4.81. The summed E-state index contributed by atoms with van der Waals surface area (Å²) in [6, 6.07) is 5.18. The first-order chi connectivity index (χ1) is 12.1. The summed E-state index contributed by atoms with van der Waals surface area (Å²) < 4.78 is 17.1. The minimum absolute atomic E-state index is 0.347. The van der Waals surface area contributed by atoms with Crippen LogP contribution in [0.4, 0.5) is 0 Å². The first-order valence-corrected chi connectivity index (χ1v) is 9.74. The molecule has 2 unspecified atom stereocenters. The summed E-state index contributed by atoms with van der Waals surface area (Å²) in [7, 11) is 0.528. The van der Waals surface area contributed by atoms with Crippen molar-refractivity contribution in [2.45, 2.75) is 38.0 Å². The van der Waals surface area contributed by atoms with E-state index >= 15 is 0 Å². The summed E-state index contributed by atoms with van der Waals surface area (Å²) in [4.78, 5) is 11.1. The summed E-state index contributed by atoms with van der Waals surface area (Å²) in [5.41, 5.74) is 3.10. The van der Waals surface area contributed by atoms with Crippen LogP contribution >= 0.6 is 11.6 Å². The highest BCUT2D eigenvalue weighted by molar-refractivity contribution is 7.84. The van der Waals surface area contributed by atoms with Gasteiger partial charge in [0.25, 0.3) is 0 Å². The predicted octanol–water partition coefficient (Wildman–Crippen LogP) is 3.98. The average molecular weight is 394 g/mol. The van der Waals surface area contributed by atoms with Gasteiger partial charge in [-0.05, 0) is 56.0 Å². The molecule has 0 saturated carbocycles. The number of carbonyl (C=O) groups excluding carboxylic acids is 1. The van der Waals surface area contributed by atoms with E-state index in [2.05, 4.69) is 16.4 Å². The molecule has 7 heteroatoms. The highest BCUT2D eigenvalue weighted by Gasteiger charge is 2.26. The van der Waals surface area contributed by atoms with Crippen LogP contribution in [0.3, 0.4) is 0 Å². The van der Waals surface area contributed by atoms with Crippen LogP contribution in [0.5, 0.6) is 0 Å². The maximum absolute atomic E-state index is 12.7. The van der Waals surface area contributed by atoms with Crippen molar-refractivity contribution in [2.24, 2.45) is 7.05 Å². The van der Waals surface area contributed by atoms with Crippen LogP contribution < -0.4 is 4.72 Å². The third kappa shape index (κ3) is 5.13. The van der Waals surface area contributed by atoms with Crippen molar-refractivity contribution in [3.05, 3.63) is 53.3 Å². The van der Waals surface area contributed by atoms with Crippen molar-refractivity contribution >= 4 is 28.9 Å². The van der Waals surface area contributed by atoms with E-state index in [0.29, 0.717) is 17.0 Å². The zero-order valence-electron chi connectivity index (χ0n) is 15.5. The van der Waals surface area contributed by atoms with Crippen LogP contribution in [0.1, 0.15) is 38.8 Å². The van der Waals surface area contributed by atoms with Gasteiger partial charge in [0.2, 0.25) is 0 Å². The molecule has 1 N–H and O–H groups in total. The van der Waals surface area contributed by atoms with Crippen LogP contribution in [0.15, 0.2) is 42.7 Å². The zero-order chi connectivity index (χ0) is 19.5. The van der Waals surface area contributed by atoms with Gasteiger partial charge in [-0.3, -0.25) is 9.48 Å². The molecule has 2 atom stereocenters. The Morgan fingerprint density at radius 2 is 2.15 bits per heavy atom. The minimum atomic E-state index is -1.31. The molecule has 0 fully saturated rings. The van der Waals surface area contributed by atoms with Gasteiger partial charge in [0.15, 0.2) is 0 Å². The molecule has 2 aromatic rings. The molecule has 0 radical (unpaired) electrons. The molecule has 2 rings (SSSR count). The molecule has 0 spiro atoms. The van der Waals surface area contributed by atoms with Crippen molar-refractivity contribution in [1.82, 2.24) is 14.5 Å². The molecule has 1 aromatic carbocycles. The Balaban J connectivity index is 2.51. The van der Waals surface area contributed by atoms with Crippen LogP contribution in [-0.4, -0.2) is 25.0 Å². The predicted molar refractivity (Wildman–Crippen MR) is 107 cm³/mol. The second kappa shape index (κ2) is 8.29. The summed E-state index contributed by atoms with van der Waals surface area (Å²) in [5.74, 6) is 0. The molecule has 5 nitrogen and oxygen atoms in total. The molecule has 0 aliphatic heterocycles. The van der Waals surface area contributed by atoms with E-state index in [9.17, 15) is 9.00 Å². The Bertz CT molecular complexity index is 840. The van der Waals surface area contributed by atoms with Crippen LogP contribution in [0.25, 0.3) is 11.1 Å². The highest BCUT2D eigenvalue weighted by atomic mass is 35.5. The molecule has 140 valence electrons. The van der Waals surface area contributed by atoms with Gasteiger partial charge >= 0.3 is 0 Å². The van der Waals surface area contributed by atoms with E-state index in [1.165, 1.54) is 0 Å². The third-order valence-electron chi connectivity index (χ3n) is 3.85. The monoisotopic (exact) mass is 393 g/mol. The number of aromatic nitrogens is 2. The van der Waals surface area contributed by atoms with Gasteiger partial charge in [0.05, 0.1) is 21.9 Å². The van der Waals surface area contributed by atoms with Crippen LogP contribution in [0.2, 0.25) is 5.02 Å². The topological polar surface area (TPSA) is 64.0 Å². The van der Waals surface area contributed by atoms with Gasteiger partial charge in [-0.1, -0.05) is 24.2 Å². The zero-order valence-corrected chi connectivity index (χ0v) is 17.0. The number of nitrogens with zero attached hydrogens (tertiary/aromatic N) is 2. The first kappa shape index (κ1) is 20.6. The molecule has 26 heavy (non-hydrogen) atoms. The standard InChI is InChI=1S/C19H24ClN3O2S/c1-13(12-24)8-18(22-26(25)19(2,3)4)16-7-6-15(20)9-17(16)14-10-21-23(5)11-14/h6-7,9-12,18,22H,1,8H2,2-5H3. The Kier molecular flexibility index (Phi) is 6.55. The Morgan fingerprint density at radius 3 is 2.69 bits per heavy atom. The molecule has 0 aliphatic carbocycles. The van der Waals surface area contributed by atoms with E-state index in [4.69, 9.17) is 11.6 Å². The van der Waals surface area contributed by atoms with E-state index < -0.39 is 15.7 Å².